The lowest BCUT2D eigenvalue weighted by Crippen LogP contribution is -2.56. The zero-order valence-corrected chi connectivity index (χ0v) is 9.46. The summed E-state index contributed by atoms with van der Waals surface area (Å²) < 4.78 is 0. The van der Waals surface area contributed by atoms with Crippen LogP contribution >= 0.6 is 0 Å². The second-order valence-corrected chi connectivity index (χ2v) is 5.59. The van der Waals surface area contributed by atoms with Crippen molar-refractivity contribution in [3.8, 4) is 0 Å². The van der Waals surface area contributed by atoms with Crippen LogP contribution in [0.4, 0.5) is 0 Å². The van der Waals surface area contributed by atoms with Gasteiger partial charge >= 0.3 is 0 Å². The minimum absolute atomic E-state index is 0.771. The largest absolute Gasteiger partial charge is 0.297 e. The monoisotopic (exact) mass is 181 g/mol. The molecular weight excluding hydrogens is 158 g/mol. The Labute approximate surface area is 82.5 Å². The number of hydrogen-bond acceptors (Lipinski definition) is 1. The molecule has 76 valence electrons. The van der Waals surface area contributed by atoms with E-state index in [1.165, 1.54) is 19.4 Å². The average molecular weight is 181 g/mol. The van der Waals surface area contributed by atoms with Gasteiger partial charge in [-0.3, -0.25) is 4.90 Å². The molecular formula is C12H23N. The topological polar surface area (TPSA) is 3.24 Å². The van der Waals surface area contributed by atoms with E-state index < -0.39 is 0 Å². The molecule has 0 radical (unpaired) electrons. The van der Waals surface area contributed by atoms with Crippen molar-refractivity contribution < 1.29 is 0 Å². The fourth-order valence-electron chi connectivity index (χ4n) is 3.15. The molecule has 0 aromatic carbocycles. The van der Waals surface area contributed by atoms with Gasteiger partial charge in [-0.25, -0.2) is 0 Å². The zero-order chi connectivity index (χ0) is 9.59. The second kappa shape index (κ2) is 3.27. The number of fused-ring (bicyclic) bond motifs is 1. The second-order valence-electron chi connectivity index (χ2n) is 5.59. The number of rotatable bonds is 2. The Kier molecular flexibility index (Phi) is 2.39. The summed E-state index contributed by atoms with van der Waals surface area (Å²) in [6.45, 7) is 10.8. The van der Waals surface area contributed by atoms with Crippen LogP contribution in [0.1, 0.15) is 40.5 Å². The van der Waals surface area contributed by atoms with Crippen LogP contribution in [-0.2, 0) is 0 Å². The van der Waals surface area contributed by atoms with E-state index in [0.717, 1.165) is 29.8 Å². The summed E-state index contributed by atoms with van der Waals surface area (Å²) in [6.07, 6.45) is 2.98. The molecule has 1 nitrogen and oxygen atoms in total. The predicted molar refractivity (Wildman–Crippen MR) is 56.7 cm³/mol. The molecule has 1 saturated heterocycles. The van der Waals surface area contributed by atoms with Crippen LogP contribution in [0.3, 0.4) is 0 Å². The van der Waals surface area contributed by atoms with E-state index in [0.29, 0.717) is 0 Å². The van der Waals surface area contributed by atoms with Gasteiger partial charge < -0.3 is 0 Å². The molecule has 0 spiro atoms. The molecule has 1 saturated carbocycles. The Morgan fingerprint density at radius 2 is 1.77 bits per heavy atom. The van der Waals surface area contributed by atoms with E-state index in [1.807, 2.05) is 0 Å². The maximum absolute atomic E-state index is 2.69. The lowest BCUT2D eigenvalue weighted by molar-refractivity contribution is 0.00968. The molecule has 1 aliphatic heterocycles. The minimum atomic E-state index is 0.771. The first-order valence-electron chi connectivity index (χ1n) is 5.85. The maximum atomic E-state index is 2.69. The van der Waals surface area contributed by atoms with E-state index >= 15 is 0 Å². The molecule has 0 N–H and O–H groups in total. The molecule has 3 unspecified atom stereocenters. The summed E-state index contributed by atoms with van der Waals surface area (Å²) in [7, 11) is 0. The molecule has 0 amide bonds. The summed E-state index contributed by atoms with van der Waals surface area (Å²) in [6, 6.07) is 1.72. The first kappa shape index (κ1) is 9.51. The number of likely N-dealkylation sites (tertiary alicyclic amines) is 1. The van der Waals surface area contributed by atoms with Crippen LogP contribution in [0, 0.1) is 17.8 Å². The Bertz CT molecular complexity index is 180. The van der Waals surface area contributed by atoms with E-state index in [-0.39, 0.29) is 0 Å². The van der Waals surface area contributed by atoms with Crippen LogP contribution in [0.25, 0.3) is 0 Å². The van der Waals surface area contributed by atoms with Gasteiger partial charge in [0.25, 0.3) is 0 Å². The van der Waals surface area contributed by atoms with Gasteiger partial charge in [-0.2, -0.15) is 0 Å². The average Bonchev–Trinajstić information content (AvgIpc) is 2.28. The Hall–Kier alpha value is -0.0400. The van der Waals surface area contributed by atoms with Gasteiger partial charge in [0.15, 0.2) is 0 Å². The molecule has 0 aromatic heterocycles. The Balaban J connectivity index is 1.91. The molecule has 1 heterocycles. The normalized spacial score (nSPS) is 39.7. The molecule has 0 aromatic rings. The number of hydrogen-bond donors (Lipinski definition) is 0. The predicted octanol–water partition coefficient (Wildman–Crippen LogP) is 2.76. The van der Waals surface area contributed by atoms with E-state index in [1.54, 1.807) is 0 Å². The smallest absolute Gasteiger partial charge is 0.0141 e. The summed E-state index contributed by atoms with van der Waals surface area (Å²) >= 11 is 0. The standard InChI is InChI=1S/C12H23N/c1-8(2)10-5-11-7-13(9(3)4)12(11)6-10/h8-12H,5-7H2,1-4H3. The summed E-state index contributed by atoms with van der Waals surface area (Å²) in [5.41, 5.74) is 0. The van der Waals surface area contributed by atoms with Crippen molar-refractivity contribution in [2.75, 3.05) is 6.54 Å². The third kappa shape index (κ3) is 1.52. The summed E-state index contributed by atoms with van der Waals surface area (Å²) in [5.74, 6) is 2.97. The highest BCUT2D eigenvalue weighted by molar-refractivity contribution is 5.00. The van der Waals surface area contributed by atoms with Crippen LogP contribution in [0.15, 0.2) is 0 Å². The quantitative estimate of drug-likeness (QED) is 0.633. The summed E-state index contributed by atoms with van der Waals surface area (Å²) in [4.78, 5) is 2.69. The van der Waals surface area contributed by atoms with Crippen LogP contribution in [0.5, 0.6) is 0 Å². The van der Waals surface area contributed by atoms with Crippen molar-refractivity contribution in [2.45, 2.75) is 52.6 Å². The molecule has 13 heavy (non-hydrogen) atoms. The van der Waals surface area contributed by atoms with Crippen LogP contribution in [-0.4, -0.2) is 23.5 Å². The molecule has 0 bridgehead atoms. The van der Waals surface area contributed by atoms with Crippen molar-refractivity contribution in [1.29, 1.82) is 0 Å². The fraction of sp³-hybridized carbons (Fsp3) is 1.00. The van der Waals surface area contributed by atoms with E-state index in [2.05, 4.69) is 32.6 Å². The maximum Gasteiger partial charge on any atom is 0.0141 e. The fourth-order valence-corrected chi connectivity index (χ4v) is 3.15. The van der Waals surface area contributed by atoms with Crippen molar-refractivity contribution >= 4 is 0 Å². The Morgan fingerprint density at radius 3 is 2.31 bits per heavy atom. The summed E-state index contributed by atoms with van der Waals surface area (Å²) in [5, 5.41) is 0. The van der Waals surface area contributed by atoms with E-state index in [9.17, 15) is 0 Å². The van der Waals surface area contributed by atoms with Crippen molar-refractivity contribution in [3.63, 3.8) is 0 Å². The molecule has 2 aliphatic rings. The first-order valence-corrected chi connectivity index (χ1v) is 5.85. The van der Waals surface area contributed by atoms with Crippen molar-refractivity contribution in [1.82, 2.24) is 4.90 Å². The highest BCUT2D eigenvalue weighted by Gasteiger charge is 2.47. The van der Waals surface area contributed by atoms with Crippen molar-refractivity contribution in [3.05, 3.63) is 0 Å². The first-order chi connectivity index (χ1) is 6.09. The molecule has 1 heteroatoms. The third-order valence-corrected chi connectivity index (χ3v) is 4.17. The van der Waals surface area contributed by atoms with Gasteiger partial charge in [-0.1, -0.05) is 13.8 Å². The van der Waals surface area contributed by atoms with Gasteiger partial charge in [-0.15, -0.1) is 0 Å². The molecule has 1 aliphatic carbocycles. The Morgan fingerprint density at radius 1 is 1.08 bits per heavy atom. The lowest BCUT2D eigenvalue weighted by Gasteiger charge is -2.47. The number of nitrogens with zero attached hydrogens (tertiary/aromatic N) is 1. The van der Waals surface area contributed by atoms with Gasteiger partial charge in [0, 0.05) is 18.6 Å². The van der Waals surface area contributed by atoms with E-state index in [4.69, 9.17) is 0 Å². The zero-order valence-electron chi connectivity index (χ0n) is 9.46. The highest BCUT2D eigenvalue weighted by atomic mass is 15.3. The molecule has 3 atom stereocenters. The van der Waals surface area contributed by atoms with Crippen molar-refractivity contribution in [2.24, 2.45) is 17.8 Å². The lowest BCUT2D eigenvalue weighted by atomic mass is 9.90. The van der Waals surface area contributed by atoms with Gasteiger partial charge in [0.2, 0.25) is 0 Å². The highest BCUT2D eigenvalue weighted by Crippen LogP contribution is 2.45. The molecule has 2 rings (SSSR count). The third-order valence-electron chi connectivity index (χ3n) is 4.17. The van der Waals surface area contributed by atoms with Crippen LogP contribution in [0.2, 0.25) is 0 Å². The molecule has 2 fully saturated rings. The van der Waals surface area contributed by atoms with Gasteiger partial charge in [-0.05, 0) is 44.4 Å². The minimum Gasteiger partial charge on any atom is -0.297 e. The van der Waals surface area contributed by atoms with Gasteiger partial charge in [0.05, 0.1) is 0 Å². The SMILES string of the molecule is CC(C)C1CC2CN(C(C)C)C2C1. The van der Waals surface area contributed by atoms with Crippen LogP contribution < -0.4 is 0 Å². The van der Waals surface area contributed by atoms with Gasteiger partial charge in [0.1, 0.15) is 0 Å².